The fourth-order valence-corrected chi connectivity index (χ4v) is 3.82. The number of aliphatic imine (C=N–C) groups is 1. The average Bonchev–Trinajstić information content (AvgIpc) is 3.07. The van der Waals surface area contributed by atoms with Gasteiger partial charge in [-0.15, -0.1) is 0 Å². The summed E-state index contributed by atoms with van der Waals surface area (Å²) in [7, 11) is 1.89. The molecule has 1 N–H and O–H groups in total. The Hall–Kier alpha value is -1.47. The van der Waals surface area contributed by atoms with Crippen molar-refractivity contribution in [2.45, 2.75) is 12.2 Å². The highest BCUT2D eigenvalue weighted by molar-refractivity contribution is 9.09. The van der Waals surface area contributed by atoms with Gasteiger partial charge in [-0.3, -0.25) is 14.5 Å². The van der Waals surface area contributed by atoms with E-state index >= 15 is 0 Å². The summed E-state index contributed by atoms with van der Waals surface area (Å²) in [6.45, 7) is 2.71. The van der Waals surface area contributed by atoms with Crippen LogP contribution in [0.25, 0.3) is 5.69 Å². The number of benzene rings is 1. The molecule has 7 heteroatoms. The van der Waals surface area contributed by atoms with Crippen molar-refractivity contribution in [1.29, 1.82) is 0 Å². The number of anilines is 1. The molecular formula is C15H17BrN4OS. The molecule has 1 atom stereocenters. The first kappa shape index (κ1) is 15.4. The number of amidine groups is 1. The van der Waals surface area contributed by atoms with E-state index in [-0.39, 0.29) is 5.56 Å². The van der Waals surface area contributed by atoms with E-state index in [1.807, 2.05) is 49.0 Å². The summed E-state index contributed by atoms with van der Waals surface area (Å²) < 4.78 is 3.53. The van der Waals surface area contributed by atoms with Crippen LogP contribution < -0.4 is 10.9 Å². The minimum absolute atomic E-state index is 0.0585. The number of rotatable bonds is 3. The van der Waals surface area contributed by atoms with Crippen LogP contribution in [0.4, 0.5) is 5.69 Å². The first-order valence-electron chi connectivity index (χ1n) is 7.00. The number of alkyl halides is 1. The number of thioether (sulfide) groups is 1. The standard InChI is InChI=1S/C15H17BrN4OS/c1-10-13(18-15-17-9-12(8-16)22-15)14(21)20(19(10)2)11-6-4-3-5-7-11/h3-7,12H,8-9H2,1-2H3,(H,17,18). The summed E-state index contributed by atoms with van der Waals surface area (Å²) in [5, 5.41) is 5.36. The van der Waals surface area contributed by atoms with Gasteiger partial charge in [0.2, 0.25) is 0 Å². The van der Waals surface area contributed by atoms with Crippen molar-refractivity contribution < 1.29 is 0 Å². The number of para-hydroxylation sites is 1. The van der Waals surface area contributed by atoms with E-state index in [4.69, 9.17) is 0 Å². The lowest BCUT2D eigenvalue weighted by Crippen LogP contribution is -2.22. The Labute approximate surface area is 141 Å². The van der Waals surface area contributed by atoms with Crippen molar-refractivity contribution in [1.82, 2.24) is 9.36 Å². The topological polar surface area (TPSA) is 51.3 Å². The molecule has 1 aromatic carbocycles. The molecule has 0 bridgehead atoms. The Morgan fingerprint density at radius 2 is 2.14 bits per heavy atom. The maximum absolute atomic E-state index is 12.8. The van der Waals surface area contributed by atoms with Gasteiger partial charge >= 0.3 is 0 Å². The summed E-state index contributed by atoms with van der Waals surface area (Å²) in [5.41, 5.74) is 2.27. The molecule has 0 amide bonds. The molecule has 2 aromatic rings. The Balaban J connectivity index is 1.96. The molecule has 0 aliphatic carbocycles. The highest BCUT2D eigenvalue weighted by Gasteiger charge is 2.22. The minimum atomic E-state index is -0.0585. The lowest BCUT2D eigenvalue weighted by Gasteiger charge is -2.07. The fraction of sp³-hybridized carbons (Fsp3) is 0.333. The van der Waals surface area contributed by atoms with E-state index < -0.39 is 0 Å². The molecule has 0 radical (unpaired) electrons. The molecule has 0 spiro atoms. The predicted octanol–water partition coefficient (Wildman–Crippen LogP) is 2.76. The summed E-state index contributed by atoms with van der Waals surface area (Å²) in [6, 6.07) is 9.64. The quantitative estimate of drug-likeness (QED) is 0.832. The van der Waals surface area contributed by atoms with Crippen LogP contribution in [0.1, 0.15) is 5.69 Å². The molecule has 1 aliphatic rings. The largest absolute Gasteiger partial charge is 0.329 e. The zero-order valence-electron chi connectivity index (χ0n) is 12.4. The lowest BCUT2D eigenvalue weighted by molar-refractivity contribution is 0.630. The van der Waals surface area contributed by atoms with Gasteiger partial charge in [0.1, 0.15) is 5.69 Å². The first-order valence-corrected chi connectivity index (χ1v) is 9.00. The third-order valence-corrected chi connectivity index (χ3v) is 5.99. The maximum Gasteiger partial charge on any atom is 0.295 e. The third kappa shape index (κ3) is 2.75. The minimum Gasteiger partial charge on any atom is -0.329 e. The van der Waals surface area contributed by atoms with Crippen molar-refractivity contribution in [2.24, 2.45) is 12.0 Å². The van der Waals surface area contributed by atoms with E-state index in [2.05, 4.69) is 26.2 Å². The fourth-order valence-electron chi connectivity index (χ4n) is 2.39. The van der Waals surface area contributed by atoms with Gasteiger partial charge in [-0.1, -0.05) is 45.9 Å². The third-order valence-electron chi connectivity index (χ3n) is 3.68. The second-order valence-electron chi connectivity index (χ2n) is 5.10. The normalized spacial score (nSPS) is 17.6. The van der Waals surface area contributed by atoms with Crippen LogP contribution in [0.15, 0.2) is 40.1 Å². The summed E-state index contributed by atoms with van der Waals surface area (Å²) in [6.07, 6.45) is 0. The van der Waals surface area contributed by atoms with Gasteiger partial charge < -0.3 is 5.32 Å². The van der Waals surface area contributed by atoms with E-state index in [0.717, 1.165) is 28.4 Å². The summed E-state index contributed by atoms with van der Waals surface area (Å²) in [4.78, 5) is 17.2. The van der Waals surface area contributed by atoms with Crippen LogP contribution in [0.5, 0.6) is 0 Å². The first-order chi connectivity index (χ1) is 10.6. The molecule has 0 saturated carbocycles. The van der Waals surface area contributed by atoms with Gasteiger partial charge in [0.05, 0.1) is 17.9 Å². The van der Waals surface area contributed by atoms with Crippen molar-refractivity contribution in [3.8, 4) is 5.69 Å². The zero-order valence-corrected chi connectivity index (χ0v) is 14.8. The second-order valence-corrected chi connectivity index (χ2v) is 7.04. The van der Waals surface area contributed by atoms with Crippen LogP contribution in [0.3, 0.4) is 0 Å². The molecular weight excluding hydrogens is 364 g/mol. The molecule has 22 heavy (non-hydrogen) atoms. The van der Waals surface area contributed by atoms with Crippen molar-refractivity contribution in [3.05, 3.63) is 46.4 Å². The highest BCUT2D eigenvalue weighted by Crippen LogP contribution is 2.24. The number of hydrogen-bond acceptors (Lipinski definition) is 4. The number of hydrogen-bond donors (Lipinski definition) is 1. The van der Waals surface area contributed by atoms with Gasteiger partial charge in [0, 0.05) is 17.6 Å². The zero-order chi connectivity index (χ0) is 15.7. The molecule has 1 aliphatic heterocycles. The molecule has 1 aromatic heterocycles. The molecule has 0 fully saturated rings. The van der Waals surface area contributed by atoms with Crippen LogP contribution >= 0.6 is 27.7 Å². The second kappa shape index (κ2) is 6.34. The molecule has 2 heterocycles. The maximum atomic E-state index is 12.8. The van der Waals surface area contributed by atoms with Gasteiger partial charge in [-0.25, -0.2) is 4.68 Å². The van der Waals surface area contributed by atoms with Crippen LogP contribution in [0.2, 0.25) is 0 Å². The van der Waals surface area contributed by atoms with Gasteiger partial charge in [-0.2, -0.15) is 0 Å². The van der Waals surface area contributed by atoms with Gasteiger partial charge in [0.15, 0.2) is 5.17 Å². The van der Waals surface area contributed by atoms with Crippen LogP contribution in [-0.4, -0.2) is 31.7 Å². The van der Waals surface area contributed by atoms with Crippen molar-refractivity contribution >= 4 is 38.5 Å². The number of halogens is 1. The van der Waals surface area contributed by atoms with Crippen molar-refractivity contribution in [2.75, 3.05) is 17.2 Å². The molecule has 0 saturated heterocycles. The Bertz CT molecular complexity index is 766. The van der Waals surface area contributed by atoms with E-state index in [9.17, 15) is 4.79 Å². The molecule has 1 unspecified atom stereocenters. The van der Waals surface area contributed by atoms with Crippen LogP contribution in [0, 0.1) is 6.92 Å². The number of nitrogens with one attached hydrogen (secondary N) is 1. The van der Waals surface area contributed by atoms with E-state index in [1.165, 1.54) is 0 Å². The summed E-state index contributed by atoms with van der Waals surface area (Å²) in [5.74, 6) is 0. The molecule has 3 rings (SSSR count). The van der Waals surface area contributed by atoms with Gasteiger partial charge in [-0.05, 0) is 19.1 Å². The Morgan fingerprint density at radius 3 is 2.77 bits per heavy atom. The Kier molecular flexibility index (Phi) is 4.44. The van der Waals surface area contributed by atoms with Crippen molar-refractivity contribution in [3.63, 3.8) is 0 Å². The van der Waals surface area contributed by atoms with Crippen LogP contribution in [-0.2, 0) is 7.05 Å². The van der Waals surface area contributed by atoms with E-state index in [0.29, 0.717) is 10.9 Å². The number of nitrogens with zero attached hydrogens (tertiary/aromatic N) is 3. The van der Waals surface area contributed by atoms with E-state index in [1.54, 1.807) is 16.4 Å². The number of aromatic nitrogens is 2. The summed E-state index contributed by atoms with van der Waals surface area (Å²) >= 11 is 5.14. The molecule has 5 nitrogen and oxygen atoms in total. The smallest absolute Gasteiger partial charge is 0.295 e. The highest BCUT2D eigenvalue weighted by atomic mass is 79.9. The average molecular weight is 381 g/mol. The van der Waals surface area contributed by atoms with Gasteiger partial charge in [0.25, 0.3) is 5.56 Å². The monoisotopic (exact) mass is 380 g/mol. The lowest BCUT2D eigenvalue weighted by atomic mass is 10.3. The SMILES string of the molecule is Cc1c(NC2=NCC(CBr)S2)c(=O)n(-c2ccccc2)n1C. The Morgan fingerprint density at radius 1 is 1.41 bits per heavy atom. The predicted molar refractivity (Wildman–Crippen MR) is 96.8 cm³/mol. The molecule has 116 valence electrons.